The van der Waals surface area contributed by atoms with Gasteiger partial charge in [-0.3, -0.25) is 4.79 Å². The Labute approximate surface area is 113 Å². The van der Waals surface area contributed by atoms with E-state index in [2.05, 4.69) is 20.8 Å². The molecule has 3 nitrogen and oxygen atoms in total. The van der Waals surface area contributed by atoms with E-state index >= 15 is 0 Å². The fourth-order valence-electron chi connectivity index (χ4n) is 2.12. The molecule has 3 unspecified atom stereocenters. The number of hydrogen-bond acceptors (Lipinski definition) is 3. The lowest BCUT2D eigenvalue weighted by Crippen LogP contribution is -2.51. The van der Waals surface area contributed by atoms with E-state index in [4.69, 9.17) is 18.0 Å². The van der Waals surface area contributed by atoms with Crippen LogP contribution in [0.1, 0.15) is 33.6 Å². The number of hydrogen-bond donors (Lipinski definition) is 1. The van der Waals surface area contributed by atoms with Crippen LogP contribution in [-0.2, 0) is 4.79 Å². The van der Waals surface area contributed by atoms with Crippen molar-refractivity contribution >= 4 is 34.9 Å². The maximum atomic E-state index is 12.4. The average Bonchev–Trinajstić information content (AvgIpc) is 2.28. The minimum atomic E-state index is -0.271. The zero-order valence-corrected chi connectivity index (χ0v) is 12.4. The summed E-state index contributed by atoms with van der Waals surface area (Å²) in [7, 11) is 0. The van der Waals surface area contributed by atoms with Crippen molar-refractivity contribution in [2.45, 2.75) is 44.9 Å². The van der Waals surface area contributed by atoms with E-state index < -0.39 is 0 Å². The molecule has 1 saturated heterocycles. The van der Waals surface area contributed by atoms with Crippen LogP contribution in [0.25, 0.3) is 0 Å². The highest BCUT2D eigenvalue weighted by Gasteiger charge is 2.33. The van der Waals surface area contributed by atoms with E-state index in [1.165, 1.54) is 0 Å². The van der Waals surface area contributed by atoms with Gasteiger partial charge in [0, 0.05) is 23.6 Å². The molecule has 3 atom stereocenters. The first-order valence-electron chi connectivity index (χ1n) is 6.20. The van der Waals surface area contributed by atoms with Crippen molar-refractivity contribution in [3.8, 4) is 0 Å². The summed E-state index contributed by atoms with van der Waals surface area (Å²) in [5, 5.41) is 0.487. The highest BCUT2D eigenvalue weighted by atomic mass is 32.2. The molecule has 0 radical (unpaired) electrons. The maximum absolute atomic E-state index is 12.4. The third-order valence-corrected chi connectivity index (χ3v) is 5.01. The first-order chi connectivity index (χ1) is 7.99. The Morgan fingerprint density at radius 2 is 2.24 bits per heavy atom. The lowest BCUT2D eigenvalue weighted by atomic mass is 10.0. The van der Waals surface area contributed by atoms with Crippen LogP contribution in [0.5, 0.6) is 0 Å². The largest absolute Gasteiger partial charge is 0.393 e. The van der Waals surface area contributed by atoms with Gasteiger partial charge in [-0.2, -0.15) is 11.8 Å². The molecule has 2 N–H and O–H groups in total. The number of carbonyl (C=O) groups excluding carboxylic acids is 1. The third-order valence-electron chi connectivity index (χ3n) is 3.39. The highest BCUT2D eigenvalue weighted by Crippen LogP contribution is 2.26. The summed E-state index contributed by atoms with van der Waals surface area (Å²) in [6.45, 7) is 7.15. The van der Waals surface area contributed by atoms with Crippen LogP contribution in [0.15, 0.2) is 0 Å². The van der Waals surface area contributed by atoms with Crippen LogP contribution >= 0.6 is 24.0 Å². The molecule has 1 aliphatic rings. The normalized spacial score (nSPS) is 26.6. The van der Waals surface area contributed by atoms with Crippen LogP contribution in [0, 0.1) is 5.92 Å². The van der Waals surface area contributed by atoms with Gasteiger partial charge < -0.3 is 10.6 Å². The fraction of sp³-hybridized carbons (Fsp3) is 0.833. The van der Waals surface area contributed by atoms with Crippen molar-refractivity contribution in [1.29, 1.82) is 0 Å². The van der Waals surface area contributed by atoms with E-state index in [0.717, 1.165) is 25.1 Å². The predicted molar refractivity (Wildman–Crippen MR) is 78.3 cm³/mol. The zero-order valence-electron chi connectivity index (χ0n) is 10.8. The molecule has 17 heavy (non-hydrogen) atoms. The molecule has 1 fully saturated rings. The Bertz CT molecular complexity index is 296. The maximum Gasteiger partial charge on any atom is 0.232 e. The Balaban J connectivity index is 2.75. The van der Waals surface area contributed by atoms with Gasteiger partial charge in [-0.1, -0.05) is 32.5 Å². The number of thioether (sulfide) groups is 1. The second-order valence-electron chi connectivity index (χ2n) is 4.59. The Hall–Kier alpha value is -0.290. The Morgan fingerprint density at radius 1 is 1.59 bits per heavy atom. The van der Waals surface area contributed by atoms with Crippen LogP contribution in [0.2, 0.25) is 0 Å². The van der Waals surface area contributed by atoms with Gasteiger partial charge in [-0.05, 0) is 13.3 Å². The smallest absolute Gasteiger partial charge is 0.232 e. The molecule has 5 heteroatoms. The first kappa shape index (κ1) is 14.8. The summed E-state index contributed by atoms with van der Waals surface area (Å²) in [5.74, 6) is 0.861. The SMILES string of the molecule is CCCC(C(=O)N1CCSC(C)C1C)C(N)=S. The summed E-state index contributed by atoms with van der Waals surface area (Å²) < 4.78 is 0. The molecule has 0 aromatic carbocycles. The van der Waals surface area contributed by atoms with Crippen LogP contribution in [-0.4, -0.2) is 39.4 Å². The molecule has 1 rings (SSSR count). The van der Waals surface area contributed by atoms with E-state index in [0.29, 0.717) is 10.2 Å². The van der Waals surface area contributed by atoms with Gasteiger partial charge >= 0.3 is 0 Å². The van der Waals surface area contributed by atoms with Crippen molar-refractivity contribution in [1.82, 2.24) is 4.90 Å². The minimum absolute atomic E-state index is 0.124. The standard InChI is InChI=1S/C12H22N2OS2/c1-4-5-10(11(13)16)12(15)14-6-7-17-9(3)8(14)2/h8-10H,4-7H2,1-3H3,(H2,13,16). The Morgan fingerprint density at radius 3 is 2.76 bits per heavy atom. The molecule has 0 saturated carbocycles. The molecule has 0 aromatic rings. The Kier molecular flexibility index (Phi) is 5.73. The molecule has 98 valence electrons. The number of nitrogens with two attached hydrogens (primary N) is 1. The van der Waals surface area contributed by atoms with Crippen molar-refractivity contribution in [2.75, 3.05) is 12.3 Å². The van der Waals surface area contributed by atoms with Crippen LogP contribution in [0.4, 0.5) is 0 Å². The minimum Gasteiger partial charge on any atom is -0.393 e. The van der Waals surface area contributed by atoms with Crippen LogP contribution in [0.3, 0.4) is 0 Å². The average molecular weight is 274 g/mol. The molecule has 0 aromatic heterocycles. The number of carbonyl (C=O) groups is 1. The summed E-state index contributed by atoms with van der Waals surface area (Å²) in [5.41, 5.74) is 5.69. The second-order valence-corrected chi connectivity index (χ2v) is 6.55. The molecular weight excluding hydrogens is 252 g/mol. The van der Waals surface area contributed by atoms with Crippen molar-refractivity contribution in [2.24, 2.45) is 11.7 Å². The van der Waals surface area contributed by atoms with Gasteiger partial charge in [-0.15, -0.1) is 0 Å². The van der Waals surface area contributed by atoms with E-state index in [-0.39, 0.29) is 17.9 Å². The van der Waals surface area contributed by atoms with Crippen molar-refractivity contribution in [3.05, 3.63) is 0 Å². The fourth-order valence-corrected chi connectivity index (χ4v) is 3.44. The third kappa shape index (κ3) is 3.58. The van der Waals surface area contributed by atoms with E-state index in [9.17, 15) is 4.79 Å². The number of thiocarbonyl (C=S) groups is 1. The molecule has 1 aliphatic heterocycles. The van der Waals surface area contributed by atoms with Gasteiger partial charge in [0.15, 0.2) is 0 Å². The van der Waals surface area contributed by atoms with Gasteiger partial charge in [0.25, 0.3) is 0 Å². The zero-order chi connectivity index (χ0) is 13.0. The molecule has 0 spiro atoms. The van der Waals surface area contributed by atoms with E-state index in [1.54, 1.807) is 0 Å². The topological polar surface area (TPSA) is 46.3 Å². The molecule has 1 heterocycles. The molecule has 1 amide bonds. The highest BCUT2D eigenvalue weighted by molar-refractivity contribution is 8.00. The number of nitrogens with zero attached hydrogens (tertiary/aromatic N) is 1. The molecule has 0 aliphatic carbocycles. The van der Waals surface area contributed by atoms with Gasteiger partial charge in [0.1, 0.15) is 0 Å². The van der Waals surface area contributed by atoms with E-state index in [1.807, 2.05) is 16.7 Å². The summed E-state index contributed by atoms with van der Waals surface area (Å²) in [6.07, 6.45) is 1.69. The van der Waals surface area contributed by atoms with Crippen molar-refractivity contribution < 1.29 is 4.79 Å². The summed E-state index contributed by atoms with van der Waals surface area (Å²) >= 11 is 6.94. The van der Waals surface area contributed by atoms with Gasteiger partial charge in [0.2, 0.25) is 5.91 Å². The first-order valence-corrected chi connectivity index (χ1v) is 7.66. The predicted octanol–water partition coefficient (Wildman–Crippen LogP) is 2.04. The van der Waals surface area contributed by atoms with Gasteiger partial charge in [0.05, 0.1) is 10.9 Å². The molecule has 0 bridgehead atoms. The molecular formula is C12H22N2OS2. The quantitative estimate of drug-likeness (QED) is 0.797. The second kappa shape index (κ2) is 6.59. The van der Waals surface area contributed by atoms with Crippen molar-refractivity contribution in [3.63, 3.8) is 0 Å². The number of rotatable bonds is 4. The van der Waals surface area contributed by atoms with Gasteiger partial charge in [-0.25, -0.2) is 0 Å². The van der Waals surface area contributed by atoms with Crippen LogP contribution < -0.4 is 5.73 Å². The lowest BCUT2D eigenvalue weighted by Gasteiger charge is -2.39. The number of amides is 1. The lowest BCUT2D eigenvalue weighted by molar-refractivity contribution is -0.135. The monoisotopic (exact) mass is 274 g/mol. The summed E-state index contributed by atoms with van der Waals surface area (Å²) in [4.78, 5) is 14.7. The summed E-state index contributed by atoms with van der Waals surface area (Å²) in [6, 6.07) is 0.273.